The van der Waals surface area contributed by atoms with Gasteiger partial charge in [0.05, 0.1) is 0 Å². The summed E-state index contributed by atoms with van der Waals surface area (Å²) in [6.45, 7) is 57.0. The van der Waals surface area contributed by atoms with Gasteiger partial charge in [-0.15, -0.1) is 0 Å². The summed E-state index contributed by atoms with van der Waals surface area (Å²) in [7, 11) is 12.3. The van der Waals surface area contributed by atoms with Crippen molar-refractivity contribution in [1.82, 2.24) is 24.5 Å². The minimum atomic E-state index is -0.0182. The highest BCUT2D eigenvalue weighted by Gasteiger charge is 2.79. The van der Waals surface area contributed by atoms with Crippen LogP contribution in [0.15, 0.2) is 0 Å². The molecule has 5 aliphatic rings. The largest absolute Gasteiger partial charge is 0.301 e. The van der Waals surface area contributed by atoms with E-state index in [-0.39, 0.29) is 60.2 Å². The Balaban J connectivity index is 2.05. The maximum Gasteiger partial charge on any atom is 0.0212 e. The molecule has 0 spiro atoms. The molecule has 6 atom stereocenters. The van der Waals surface area contributed by atoms with Gasteiger partial charge in [0, 0.05) is 34.2 Å². The van der Waals surface area contributed by atoms with Gasteiger partial charge in [-0.3, -0.25) is 0 Å². The van der Waals surface area contributed by atoms with Crippen LogP contribution in [-0.4, -0.2) is 120 Å². The second-order valence-electron chi connectivity index (χ2n) is 25.4. The van der Waals surface area contributed by atoms with Gasteiger partial charge < -0.3 is 24.5 Å². The second-order valence-corrected chi connectivity index (χ2v) is 25.4. The third kappa shape index (κ3) is 5.23. The second kappa shape index (κ2) is 12.9. The summed E-state index contributed by atoms with van der Waals surface area (Å²) < 4.78 is 0. The molecule has 5 heteroatoms. The fourth-order valence-electron chi connectivity index (χ4n) is 15.6. The van der Waals surface area contributed by atoms with Crippen molar-refractivity contribution < 1.29 is 0 Å². The van der Waals surface area contributed by atoms with Gasteiger partial charge in [-0.05, 0) is 218 Å². The Morgan fingerprint density at radius 2 is 0.611 bits per heavy atom. The lowest BCUT2D eigenvalue weighted by atomic mass is 9.27. The van der Waals surface area contributed by atoms with Crippen LogP contribution in [-0.2, 0) is 0 Å². The summed E-state index contributed by atoms with van der Waals surface area (Å²) in [5, 5.41) is 0. The Morgan fingerprint density at radius 3 is 0.981 bits per heavy atom. The number of rotatable bonds is 4. The summed E-state index contributed by atoms with van der Waals surface area (Å²) in [4.78, 5) is 13.9. The lowest BCUT2D eigenvalue weighted by Crippen LogP contribution is -2.83. The molecule has 0 aromatic carbocycles. The normalized spacial score (nSPS) is 43.4. The third-order valence-corrected chi connectivity index (χ3v) is 23.2. The van der Waals surface area contributed by atoms with Crippen molar-refractivity contribution in [2.24, 2.45) is 62.1 Å². The highest BCUT2D eigenvalue weighted by atomic mass is 15.3. The Morgan fingerprint density at radius 1 is 0.315 bits per heavy atom. The fraction of sp³-hybridized carbons (Fsp3) is 1.00. The molecule has 0 aromatic heterocycles. The first-order valence-electron chi connectivity index (χ1n) is 22.6. The zero-order valence-electron chi connectivity index (χ0n) is 41.0. The molecule has 316 valence electrons. The van der Waals surface area contributed by atoms with Crippen LogP contribution >= 0.6 is 0 Å². The Kier molecular flexibility index (Phi) is 10.7. The van der Waals surface area contributed by atoms with Gasteiger partial charge in [0.15, 0.2) is 0 Å². The molecular formula is C49H95N5. The minimum Gasteiger partial charge on any atom is -0.301 e. The van der Waals surface area contributed by atoms with Crippen LogP contribution in [0.4, 0.5) is 0 Å². The number of piperidine rings is 5. The van der Waals surface area contributed by atoms with E-state index in [1.54, 1.807) is 0 Å². The van der Waals surface area contributed by atoms with Crippen LogP contribution in [0.2, 0.25) is 0 Å². The monoisotopic (exact) mass is 754 g/mol. The first-order valence-corrected chi connectivity index (χ1v) is 22.6. The van der Waals surface area contributed by atoms with E-state index in [1.165, 1.54) is 58.4 Å². The SMILES string of the molecule is CN1CCC(C2CN(C)C(C)(C)C(C)(C3CCN(C)C(C)(C)C3(C)C)C2(C2CCN(C)C(C)(C)C2(C)C)C2CCN(C)C(C)(C)C2(C)C)C(C)(C)C1(C)C. The molecule has 0 saturated carbocycles. The van der Waals surface area contributed by atoms with Crippen LogP contribution in [0.3, 0.4) is 0 Å². The number of likely N-dealkylation sites (tertiary alicyclic amines) is 5. The maximum atomic E-state index is 2.96. The molecule has 5 nitrogen and oxygen atoms in total. The standard InChI is InChI=1S/C49H95N5/c1-39(2)34(25-29-50(20)43(39,9)10)35-33-54(24)47(17,18)48(19,36-26-30-51(21)44(11,12)40(36,3)4)49(35,37-27-31-52(22)45(13,14)41(37,5)6)38-28-32-53(23)46(15,16)42(38,7)8/h34-38H,25-33H2,1-24H3. The fourth-order valence-corrected chi connectivity index (χ4v) is 15.6. The summed E-state index contributed by atoms with van der Waals surface area (Å²) in [6, 6.07) is 0. The molecule has 0 N–H and O–H groups in total. The molecule has 6 unspecified atom stereocenters. The maximum absolute atomic E-state index is 2.96. The van der Waals surface area contributed by atoms with E-state index in [9.17, 15) is 0 Å². The average molecular weight is 754 g/mol. The molecule has 5 fully saturated rings. The molecule has 0 radical (unpaired) electrons. The first-order chi connectivity index (χ1) is 24.1. The van der Waals surface area contributed by atoms with E-state index in [0.717, 1.165) is 0 Å². The predicted molar refractivity (Wildman–Crippen MR) is 235 cm³/mol. The van der Waals surface area contributed by atoms with Crippen LogP contribution in [0.1, 0.15) is 157 Å². The molecule has 5 aliphatic heterocycles. The van der Waals surface area contributed by atoms with Gasteiger partial charge in [-0.2, -0.15) is 0 Å². The molecule has 0 bridgehead atoms. The zero-order chi connectivity index (χ0) is 41.6. The molecule has 5 rings (SSSR count). The van der Waals surface area contributed by atoms with Crippen molar-refractivity contribution in [2.75, 3.05) is 68.0 Å². The lowest BCUT2D eigenvalue weighted by Gasteiger charge is -2.82. The topological polar surface area (TPSA) is 16.2 Å². The highest BCUT2D eigenvalue weighted by Crippen LogP contribution is 2.79. The first kappa shape index (κ1) is 44.9. The summed E-state index contributed by atoms with van der Waals surface area (Å²) in [6.07, 6.45) is 5.13. The summed E-state index contributed by atoms with van der Waals surface area (Å²) in [5.74, 6) is 2.87. The molecule has 5 saturated heterocycles. The van der Waals surface area contributed by atoms with Gasteiger partial charge in [0.2, 0.25) is 0 Å². The van der Waals surface area contributed by atoms with Crippen molar-refractivity contribution in [3.05, 3.63) is 0 Å². The summed E-state index contributed by atoms with van der Waals surface area (Å²) in [5.41, 5.74) is 0.763. The molecule has 0 aromatic rings. The van der Waals surface area contributed by atoms with Crippen molar-refractivity contribution in [3.8, 4) is 0 Å². The summed E-state index contributed by atoms with van der Waals surface area (Å²) >= 11 is 0. The quantitative estimate of drug-likeness (QED) is 0.283. The lowest BCUT2D eigenvalue weighted by molar-refractivity contribution is -0.336. The van der Waals surface area contributed by atoms with Crippen LogP contribution < -0.4 is 0 Å². The van der Waals surface area contributed by atoms with E-state index in [2.05, 4.69) is 191 Å². The van der Waals surface area contributed by atoms with Gasteiger partial charge in [0.25, 0.3) is 0 Å². The van der Waals surface area contributed by atoms with Crippen molar-refractivity contribution in [1.29, 1.82) is 0 Å². The van der Waals surface area contributed by atoms with Gasteiger partial charge in [0.1, 0.15) is 0 Å². The van der Waals surface area contributed by atoms with Crippen LogP contribution in [0, 0.1) is 62.1 Å². The van der Waals surface area contributed by atoms with Crippen LogP contribution in [0.25, 0.3) is 0 Å². The zero-order valence-corrected chi connectivity index (χ0v) is 41.0. The predicted octanol–water partition coefficient (Wildman–Crippen LogP) is 10.3. The third-order valence-electron chi connectivity index (χ3n) is 23.2. The van der Waals surface area contributed by atoms with Crippen LogP contribution in [0.5, 0.6) is 0 Å². The van der Waals surface area contributed by atoms with E-state index in [1.807, 2.05) is 0 Å². The van der Waals surface area contributed by atoms with Crippen molar-refractivity contribution in [3.63, 3.8) is 0 Å². The number of hydrogen-bond donors (Lipinski definition) is 0. The van der Waals surface area contributed by atoms with E-state index in [4.69, 9.17) is 0 Å². The molecule has 0 amide bonds. The smallest absolute Gasteiger partial charge is 0.0212 e. The van der Waals surface area contributed by atoms with E-state index >= 15 is 0 Å². The van der Waals surface area contributed by atoms with Gasteiger partial charge >= 0.3 is 0 Å². The Bertz CT molecular complexity index is 1350. The molecule has 5 heterocycles. The number of nitrogens with zero attached hydrogens (tertiary/aromatic N) is 5. The minimum absolute atomic E-state index is 0.00508. The van der Waals surface area contributed by atoms with Crippen molar-refractivity contribution in [2.45, 2.75) is 185 Å². The molecular weight excluding hydrogens is 659 g/mol. The van der Waals surface area contributed by atoms with Gasteiger partial charge in [-0.1, -0.05) is 62.3 Å². The van der Waals surface area contributed by atoms with E-state index < -0.39 is 0 Å². The molecule has 0 aliphatic carbocycles. The molecule has 54 heavy (non-hydrogen) atoms. The van der Waals surface area contributed by atoms with E-state index in [0.29, 0.717) is 29.6 Å². The van der Waals surface area contributed by atoms with Gasteiger partial charge in [-0.25, -0.2) is 0 Å². The number of hydrogen-bond acceptors (Lipinski definition) is 5. The Labute approximate surface area is 338 Å². The highest BCUT2D eigenvalue weighted by molar-refractivity contribution is 5.29. The van der Waals surface area contributed by atoms with Crippen molar-refractivity contribution >= 4 is 0 Å². The Hall–Kier alpha value is -0.200. The average Bonchev–Trinajstić information content (AvgIpc) is 3.02.